The Balaban J connectivity index is 1.26. The lowest BCUT2D eigenvalue weighted by molar-refractivity contribution is 0.0909. The van der Waals surface area contributed by atoms with E-state index in [1.165, 1.54) is 11.3 Å². The van der Waals surface area contributed by atoms with Gasteiger partial charge >= 0.3 is 0 Å². The van der Waals surface area contributed by atoms with Gasteiger partial charge < -0.3 is 15.0 Å². The zero-order valence-corrected chi connectivity index (χ0v) is 17.3. The molecule has 156 valence electrons. The fourth-order valence-corrected chi connectivity index (χ4v) is 4.17. The molecule has 0 saturated heterocycles. The fraction of sp³-hybridized carbons (Fsp3) is 0.292. The first-order valence-corrected chi connectivity index (χ1v) is 10.4. The summed E-state index contributed by atoms with van der Waals surface area (Å²) in [6, 6.07) is 17.7. The number of nitrogens with zero attached hydrogens (tertiary/aromatic N) is 4. The van der Waals surface area contributed by atoms with E-state index < -0.39 is 0 Å². The van der Waals surface area contributed by atoms with Crippen LogP contribution < -0.4 is 15.0 Å². The molecule has 2 aromatic carbocycles. The lowest BCUT2D eigenvalue weighted by Crippen LogP contribution is -2.42. The van der Waals surface area contributed by atoms with Gasteiger partial charge in [-0.1, -0.05) is 17.7 Å². The maximum atomic E-state index is 12.8. The van der Waals surface area contributed by atoms with Crippen molar-refractivity contribution in [3.05, 3.63) is 76.6 Å². The quantitative estimate of drug-likeness (QED) is 0.714. The van der Waals surface area contributed by atoms with Crippen LogP contribution in [0, 0.1) is 18.3 Å². The third-order valence-corrected chi connectivity index (χ3v) is 5.86. The molecule has 0 radical (unpaired) electrons. The summed E-state index contributed by atoms with van der Waals surface area (Å²) in [5, 5.41) is 16.7. The van der Waals surface area contributed by atoms with E-state index in [2.05, 4.69) is 52.6 Å². The van der Waals surface area contributed by atoms with Crippen molar-refractivity contribution in [3.8, 4) is 11.8 Å². The summed E-state index contributed by atoms with van der Waals surface area (Å²) < 4.78 is 7.69. The highest BCUT2D eigenvalue weighted by Gasteiger charge is 2.25. The normalized spacial score (nSPS) is 17.2. The average molecular weight is 413 g/mol. The third kappa shape index (κ3) is 3.84. The molecule has 1 N–H and O–H groups in total. The van der Waals surface area contributed by atoms with Gasteiger partial charge in [0, 0.05) is 12.2 Å². The first kappa shape index (κ1) is 19.2. The van der Waals surface area contributed by atoms with Gasteiger partial charge in [0.25, 0.3) is 5.91 Å². The van der Waals surface area contributed by atoms with E-state index >= 15 is 0 Å². The van der Waals surface area contributed by atoms with Crippen molar-refractivity contribution in [1.82, 2.24) is 15.1 Å². The summed E-state index contributed by atoms with van der Waals surface area (Å²) in [5.41, 5.74) is 5.41. The number of nitriles is 1. The van der Waals surface area contributed by atoms with Gasteiger partial charge in [-0.05, 0) is 55.3 Å². The summed E-state index contributed by atoms with van der Waals surface area (Å²) in [6.07, 6.45) is 0.630. The second-order valence-electron chi connectivity index (χ2n) is 8.12. The predicted octanol–water partition coefficient (Wildman–Crippen LogP) is 2.82. The maximum absolute atomic E-state index is 12.8. The number of anilines is 1. The van der Waals surface area contributed by atoms with Crippen molar-refractivity contribution in [3.63, 3.8) is 0 Å². The summed E-state index contributed by atoms with van der Waals surface area (Å²) in [4.78, 5) is 15.1. The molecular weight excluding hydrogens is 390 g/mol. The molecule has 2 aliphatic rings. The molecule has 0 aliphatic carbocycles. The lowest BCUT2D eigenvalue weighted by atomic mass is 10.0. The highest BCUT2D eigenvalue weighted by atomic mass is 16.5. The van der Waals surface area contributed by atoms with Gasteiger partial charge in [0.05, 0.1) is 36.5 Å². The molecule has 1 amide bonds. The molecule has 3 heterocycles. The molecular formula is C24H23N5O2. The van der Waals surface area contributed by atoms with Gasteiger partial charge in [-0.15, -0.1) is 0 Å². The van der Waals surface area contributed by atoms with Crippen molar-refractivity contribution in [1.29, 1.82) is 5.26 Å². The molecule has 0 fully saturated rings. The first-order chi connectivity index (χ1) is 15.1. The number of benzene rings is 2. The highest BCUT2D eigenvalue weighted by molar-refractivity contribution is 5.92. The van der Waals surface area contributed by atoms with E-state index in [9.17, 15) is 4.79 Å². The zero-order valence-electron chi connectivity index (χ0n) is 17.3. The van der Waals surface area contributed by atoms with Gasteiger partial charge in [-0.3, -0.25) is 9.48 Å². The molecule has 5 rings (SSSR count). The zero-order chi connectivity index (χ0) is 21.4. The Morgan fingerprint density at radius 2 is 2.03 bits per heavy atom. The molecule has 31 heavy (non-hydrogen) atoms. The van der Waals surface area contributed by atoms with Crippen molar-refractivity contribution in [2.24, 2.45) is 0 Å². The van der Waals surface area contributed by atoms with Crippen LogP contribution in [0.4, 0.5) is 5.69 Å². The molecule has 3 aromatic rings. The summed E-state index contributed by atoms with van der Waals surface area (Å²) in [7, 11) is 0. The monoisotopic (exact) mass is 413 g/mol. The van der Waals surface area contributed by atoms with E-state index in [0.29, 0.717) is 24.3 Å². The fourth-order valence-electron chi connectivity index (χ4n) is 4.17. The van der Waals surface area contributed by atoms with Crippen molar-refractivity contribution < 1.29 is 9.53 Å². The van der Waals surface area contributed by atoms with Crippen LogP contribution in [0.1, 0.15) is 32.9 Å². The summed E-state index contributed by atoms with van der Waals surface area (Å²) in [6.45, 7) is 4.80. The van der Waals surface area contributed by atoms with E-state index in [-0.39, 0.29) is 11.9 Å². The van der Waals surface area contributed by atoms with Crippen LogP contribution in [0.25, 0.3) is 0 Å². The maximum Gasteiger partial charge on any atom is 0.272 e. The van der Waals surface area contributed by atoms with Crippen LogP contribution in [-0.4, -0.2) is 34.9 Å². The van der Waals surface area contributed by atoms with Gasteiger partial charge in [0.2, 0.25) is 0 Å². The van der Waals surface area contributed by atoms with Gasteiger partial charge in [-0.2, -0.15) is 10.4 Å². The van der Waals surface area contributed by atoms with E-state index in [4.69, 9.17) is 10.00 Å². The Bertz CT molecular complexity index is 1180. The van der Waals surface area contributed by atoms with Crippen LogP contribution in [0.5, 0.6) is 5.75 Å². The van der Waals surface area contributed by atoms with Crippen LogP contribution >= 0.6 is 0 Å². The minimum absolute atomic E-state index is 0.156. The SMILES string of the molecule is Cc1ccc(N2CCn3nc(C(=O)NC4COc5ccc(C#N)cc5C4)cc3C2)cc1. The number of ether oxygens (including phenoxy) is 1. The standard InChI is InChI=1S/C24H23N5O2/c1-16-2-5-20(6-3-16)28-8-9-29-21(14-28)12-22(27-29)24(30)26-19-11-18-10-17(13-25)4-7-23(18)31-15-19/h2-7,10,12,19H,8-9,11,14-15H2,1H3,(H,26,30). The predicted molar refractivity (Wildman–Crippen MR) is 116 cm³/mol. The second kappa shape index (κ2) is 7.80. The average Bonchev–Trinajstić information content (AvgIpc) is 3.23. The molecule has 0 bridgehead atoms. The smallest absolute Gasteiger partial charge is 0.272 e. The van der Waals surface area contributed by atoms with Crippen molar-refractivity contribution >= 4 is 11.6 Å². The first-order valence-electron chi connectivity index (χ1n) is 10.4. The Morgan fingerprint density at radius 1 is 1.19 bits per heavy atom. The third-order valence-electron chi connectivity index (χ3n) is 5.86. The van der Waals surface area contributed by atoms with E-state index in [0.717, 1.165) is 36.6 Å². The molecule has 7 heteroatoms. The molecule has 0 saturated carbocycles. The number of rotatable bonds is 3. The number of carbonyl (C=O) groups is 1. The molecule has 1 atom stereocenters. The molecule has 1 unspecified atom stereocenters. The number of fused-ring (bicyclic) bond motifs is 2. The number of hydrogen-bond donors (Lipinski definition) is 1. The summed E-state index contributed by atoms with van der Waals surface area (Å²) >= 11 is 0. The number of nitrogens with one attached hydrogen (secondary N) is 1. The number of amides is 1. The van der Waals surface area contributed by atoms with Crippen molar-refractivity contribution in [2.45, 2.75) is 32.5 Å². The Hall–Kier alpha value is -3.79. The Morgan fingerprint density at radius 3 is 2.84 bits per heavy atom. The van der Waals surface area contributed by atoms with Gasteiger partial charge in [-0.25, -0.2) is 0 Å². The van der Waals surface area contributed by atoms with Gasteiger partial charge in [0.15, 0.2) is 5.69 Å². The Kier molecular flexibility index (Phi) is 4.83. The number of aryl methyl sites for hydroxylation is 1. The molecule has 7 nitrogen and oxygen atoms in total. The number of hydrogen-bond acceptors (Lipinski definition) is 5. The number of aromatic nitrogens is 2. The topological polar surface area (TPSA) is 83.2 Å². The second-order valence-corrected chi connectivity index (χ2v) is 8.12. The van der Waals surface area contributed by atoms with E-state index in [1.54, 1.807) is 6.07 Å². The Labute approximate surface area is 180 Å². The molecule has 0 spiro atoms. The van der Waals surface area contributed by atoms with Gasteiger partial charge in [0.1, 0.15) is 12.4 Å². The van der Waals surface area contributed by atoms with Crippen LogP contribution in [-0.2, 0) is 19.5 Å². The lowest BCUT2D eigenvalue weighted by Gasteiger charge is -2.29. The molecule has 1 aromatic heterocycles. The van der Waals surface area contributed by atoms with Crippen LogP contribution in [0.2, 0.25) is 0 Å². The number of carbonyl (C=O) groups excluding carboxylic acids is 1. The van der Waals surface area contributed by atoms with Crippen LogP contribution in [0.15, 0.2) is 48.5 Å². The highest BCUT2D eigenvalue weighted by Crippen LogP contribution is 2.26. The largest absolute Gasteiger partial charge is 0.491 e. The summed E-state index contributed by atoms with van der Waals surface area (Å²) in [5.74, 6) is 0.579. The van der Waals surface area contributed by atoms with Crippen molar-refractivity contribution in [2.75, 3.05) is 18.1 Å². The molecule has 2 aliphatic heterocycles. The minimum atomic E-state index is -0.197. The van der Waals surface area contributed by atoms with Crippen LogP contribution in [0.3, 0.4) is 0 Å². The minimum Gasteiger partial charge on any atom is -0.491 e. The van der Waals surface area contributed by atoms with E-state index in [1.807, 2.05) is 22.9 Å².